The van der Waals surface area contributed by atoms with Crippen LogP contribution in [0.3, 0.4) is 0 Å². The van der Waals surface area contributed by atoms with Crippen LogP contribution in [-0.4, -0.2) is 53.9 Å². The first-order valence-corrected chi connectivity index (χ1v) is 11.9. The number of aromatic nitrogens is 2. The third kappa shape index (κ3) is 5.14. The highest BCUT2D eigenvalue weighted by atomic mass is 19.1. The molecule has 2 heterocycles. The van der Waals surface area contributed by atoms with E-state index in [2.05, 4.69) is 13.8 Å². The van der Waals surface area contributed by atoms with E-state index in [0.29, 0.717) is 18.7 Å². The molecule has 1 aliphatic rings. The second kappa shape index (κ2) is 10.4. The van der Waals surface area contributed by atoms with Crippen molar-refractivity contribution >= 4 is 11.7 Å². The monoisotopic (exact) mass is 464 g/mol. The van der Waals surface area contributed by atoms with Crippen LogP contribution in [0.25, 0.3) is 5.69 Å². The molecule has 0 spiro atoms. The SMILES string of the molecule is CC(C)c1nn(-c2ccccc2)c(N(C)C)c1CN(C[C@H]1CCCO1)C(=O)c1ccc(F)cc1. The van der Waals surface area contributed by atoms with Crippen LogP contribution in [0.5, 0.6) is 0 Å². The average molecular weight is 465 g/mol. The summed E-state index contributed by atoms with van der Waals surface area (Å²) >= 11 is 0. The maximum absolute atomic E-state index is 13.6. The minimum Gasteiger partial charge on any atom is -0.376 e. The zero-order valence-electron chi connectivity index (χ0n) is 20.4. The molecule has 1 amide bonds. The lowest BCUT2D eigenvalue weighted by Crippen LogP contribution is -2.37. The van der Waals surface area contributed by atoms with Crippen molar-refractivity contribution in [1.29, 1.82) is 0 Å². The largest absolute Gasteiger partial charge is 0.376 e. The van der Waals surface area contributed by atoms with Crippen molar-refractivity contribution in [3.8, 4) is 5.69 Å². The number of amides is 1. The minimum atomic E-state index is -0.358. The summed E-state index contributed by atoms with van der Waals surface area (Å²) in [5, 5.41) is 4.99. The summed E-state index contributed by atoms with van der Waals surface area (Å²) in [6.45, 7) is 5.83. The zero-order valence-corrected chi connectivity index (χ0v) is 20.4. The van der Waals surface area contributed by atoms with Gasteiger partial charge in [0.25, 0.3) is 5.91 Å². The van der Waals surface area contributed by atoms with Crippen molar-refractivity contribution in [3.05, 3.63) is 77.2 Å². The number of halogens is 1. The Morgan fingerprint density at radius 1 is 1.15 bits per heavy atom. The summed E-state index contributed by atoms with van der Waals surface area (Å²) in [5.41, 5.74) is 3.40. The lowest BCUT2D eigenvalue weighted by Gasteiger charge is -2.27. The van der Waals surface area contributed by atoms with Gasteiger partial charge in [0.15, 0.2) is 0 Å². The Morgan fingerprint density at radius 3 is 2.44 bits per heavy atom. The lowest BCUT2D eigenvalue weighted by molar-refractivity contribution is 0.0507. The maximum Gasteiger partial charge on any atom is 0.254 e. The Bertz CT molecular complexity index is 1100. The van der Waals surface area contributed by atoms with Gasteiger partial charge in [-0.3, -0.25) is 4.79 Å². The van der Waals surface area contributed by atoms with Gasteiger partial charge in [0.2, 0.25) is 0 Å². The normalized spacial score (nSPS) is 15.6. The maximum atomic E-state index is 13.6. The number of carbonyl (C=O) groups is 1. The second-order valence-corrected chi connectivity index (χ2v) is 9.31. The molecular weight excluding hydrogens is 431 g/mol. The lowest BCUT2D eigenvalue weighted by atomic mass is 10.0. The Balaban J connectivity index is 1.77. The molecule has 0 bridgehead atoms. The second-order valence-electron chi connectivity index (χ2n) is 9.31. The summed E-state index contributed by atoms with van der Waals surface area (Å²) in [7, 11) is 3.99. The molecule has 7 heteroatoms. The number of ether oxygens (including phenoxy) is 1. The Hall–Kier alpha value is -3.19. The quantitative estimate of drug-likeness (QED) is 0.470. The molecule has 1 aromatic heterocycles. The van der Waals surface area contributed by atoms with Crippen LogP contribution in [0.4, 0.5) is 10.2 Å². The standard InChI is InChI=1S/C27H33FN4O2/c1-19(2)25-24(26(30(3)4)32(29-25)22-9-6-5-7-10-22)18-31(17-23-11-8-16-34-23)27(33)20-12-14-21(28)15-13-20/h5-7,9-10,12-15,19,23H,8,11,16-18H2,1-4H3/t23-/m1/s1. The molecule has 1 fully saturated rings. The van der Waals surface area contributed by atoms with Crippen molar-refractivity contribution in [2.45, 2.75) is 45.3 Å². The summed E-state index contributed by atoms with van der Waals surface area (Å²) in [6.07, 6.45) is 1.92. The summed E-state index contributed by atoms with van der Waals surface area (Å²) < 4.78 is 21.3. The van der Waals surface area contributed by atoms with Crippen molar-refractivity contribution in [1.82, 2.24) is 14.7 Å². The van der Waals surface area contributed by atoms with Gasteiger partial charge < -0.3 is 14.5 Å². The highest BCUT2D eigenvalue weighted by Gasteiger charge is 2.29. The molecule has 0 radical (unpaired) electrons. The number of nitrogens with zero attached hydrogens (tertiary/aromatic N) is 4. The van der Waals surface area contributed by atoms with Crippen molar-refractivity contribution < 1.29 is 13.9 Å². The van der Waals surface area contributed by atoms with E-state index in [1.54, 1.807) is 12.1 Å². The number of para-hydroxylation sites is 1. The Labute approximate surface area is 200 Å². The van der Waals surface area contributed by atoms with E-state index < -0.39 is 0 Å². The minimum absolute atomic E-state index is 0.00104. The van der Waals surface area contributed by atoms with Crippen LogP contribution in [0.1, 0.15) is 54.2 Å². The van der Waals surface area contributed by atoms with Gasteiger partial charge in [-0.25, -0.2) is 9.07 Å². The van der Waals surface area contributed by atoms with Crippen molar-refractivity contribution in [3.63, 3.8) is 0 Å². The van der Waals surface area contributed by atoms with E-state index in [1.807, 2.05) is 58.9 Å². The van der Waals surface area contributed by atoms with E-state index in [9.17, 15) is 9.18 Å². The third-order valence-corrected chi connectivity index (χ3v) is 6.13. The molecule has 3 aromatic rings. The zero-order chi connectivity index (χ0) is 24.2. The van der Waals surface area contributed by atoms with Crippen LogP contribution in [0.15, 0.2) is 54.6 Å². The Kier molecular flexibility index (Phi) is 7.32. The van der Waals surface area contributed by atoms with E-state index in [-0.39, 0.29) is 23.7 Å². The van der Waals surface area contributed by atoms with Gasteiger partial charge in [-0.15, -0.1) is 0 Å². The van der Waals surface area contributed by atoms with Gasteiger partial charge in [-0.1, -0.05) is 32.0 Å². The fraction of sp³-hybridized carbons (Fsp3) is 0.407. The van der Waals surface area contributed by atoms with Crippen LogP contribution in [-0.2, 0) is 11.3 Å². The molecule has 34 heavy (non-hydrogen) atoms. The van der Waals surface area contributed by atoms with Gasteiger partial charge in [0.05, 0.1) is 24.0 Å². The first-order valence-electron chi connectivity index (χ1n) is 11.9. The van der Waals surface area contributed by atoms with E-state index in [4.69, 9.17) is 9.84 Å². The molecular formula is C27H33FN4O2. The molecule has 1 saturated heterocycles. The molecule has 0 unspecified atom stereocenters. The van der Waals surface area contributed by atoms with E-state index in [1.165, 1.54) is 12.1 Å². The number of rotatable bonds is 8. The third-order valence-electron chi connectivity index (χ3n) is 6.13. The van der Waals surface area contributed by atoms with Gasteiger partial charge in [0, 0.05) is 38.4 Å². The fourth-order valence-corrected chi connectivity index (χ4v) is 4.50. The fourth-order valence-electron chi connectivity index (χ4n) is 4.50. The van der Waals surface area contributed by atoms with Crippen LogP contribution >= 0.6 is 0 Å². The van der Waals surface area contributed by atoms with E-state index >= 15 is 0 Å². The van der Waals surface area contributed by atoms with Crippen molar-refractivity contribution in [2.24, 2.45) is 0 Å². The predicted molar refractivity (Wildman–Crippen MR) is 132 cm³/mol. The summed E-state index contributed by atoms with van der Waals surface area (Å²) in [5.74, 6) is 0.619. The van der Waals surface area contributed by atoms with Gasteiger partial charge in [-0.05, 0) is 55.2 Å². The molecule has 4 rings (SSSR count). The van der Waals surface area contributed by atoms with Crippen LogP contribution < -0.4 is 4.90 Å². The van der Waals surface area contributed by atoms with Gasteiger partial charge >= 0.3 is 0 Å². The predicted octanol–water partition coefficient (Wildman–Crippen LogP) is 5.02. The molecule has 6 nitrogen and oxygen atoms in total. The van der Waals surface area contributed by atoms with Crippen molar-refractivity contribution in [2.75, 3.05) is 32.1 Å². The molecule has 1 atom stereocenters. The smallest absolute Gasteiger partial charge is 0.254 e. The van der Waals surface area contributed by atoms with Crippen LogP contribution in [0.2, 0.25) is 0 Å². The highest BCUT2D eigenvalue weighted by Crippen LogP contribution is 2.32. The number of carbonyl (C=O) groups excluding carboxylic acids is 1. The Morgan fingerprint density at radius 2 is 1.85 bits per heavy atom. The molecule has 0 saturated carbocycles. The van der Waals surface area contributed by atoms with Gasteiger partial charge in [-0.2, -0.15) is 5.10 Å². The molecule has 1 aliphatic heterocycles. The molecule has 180 valence electrons. The van der Waals surface area contributed by atoms with Crippen LogP contribution in [0, 0.1) is 5.82 Å². The first-order chi connectivity index (χ1) is 16.3. The van der Waals surface area contributed by atoms with E-state index in [0.717, 1.165) is 42.2 Å². The number of hydrogen-bond donors (Lipinski definition) is 0. The number of hydrogen-bond acceptors (Lipinski definition) is 4. The molecule has 0 N–H and O–H groups in total. The molecule has 0 aliphatic carbocycles. The highest BCUT2D eigenvalue weighted by molar-refractivity contribution is 5.94. The van der Waals surface area contributed by atoms with Gasteiger partial charge in [0.1, 0.15) is 11.6 Å². The molecule has 2 aromatic carbocycles. The first kappa shape index (κ1) is 24.0. The average Bonchev–Trinajstić information content (AvgIpc) is 3.47. The number of benzene rings is 2. The number of anilines is 1. The summed E-state index contributed by atoms with van der Waals surface area (Å²) in [4.78, 5) is 17.5. The topological polar surface area (TPSA) is 50.6 Å². The summed E-state index contributed by atoms with van der Waals surface area (Å²) in [6, 6.07) is 15.8.